The molecule has 0 radical (unpaired) electrons. The van der Waals surface area contributed by atoms with Crippen molar-refractivity contribution in [2.24, 2.45) is 0 Å². The third-order valence-corrected chi connectivity index (χ3v) is 5.90. The molecule has 0 saturated carbocycles. The third-order valence-electron chi connectivity index (χ3n) is 5.59. The summed E-state index contributed by atoms with van der Waals surface area (Å²) in [6.07, 6.45) is -4.06. The molecule has 0 spiro atoms. The first-order valence-electron chi connectivity index (χ1n) is 10.3. The molecule has 1 fully saturated rings. The molecule has 2 aromatic rings. The molecule has 2 amide bonds. The summed E-state index contributed by atoms with van der Waals surface area (Å²) in [5.74, 6) is -0.849. The van der Waals surface area contributed by atoms with Gasteiger partial charge in [0, 0.05) is 32.6 Å². The van der Waals surface area contributed by atoms with Crippen molar-refractivity contribution in [1.29, 1.82) is 0 Å². The Hall–Kier alpha value is -2.62. The van der Waals surface area contributed by atoms with E-state index in [0.717, 1.165) is 12.1 Å². The first-order chi connectivity index (χ1) is 15.7. The summed E-state index contributed by atoms with van der Waals surface area (Å²) in [4.78, 5) is 25.6. The van der Waals surface area contributed by atoms with Gasteiger partial charge in [-0.1, -0.05) is 29.8 Å². The van der Waals surface area contributed by atoms with Crippen LogP contribution in [0.1, 0.15) is 34.3 Å². The van der Waals surface area contributed by atoms with Crippen molar-refractivity contribution >= 4 is 29.1 Å². The summed E-state index contributed by atoms with van der Waals surface area (Å²) in [6, 6.07) is 9.26. The van der Waals surface area contributed by atoms with Crippen LogP contribution >= 0.6 is 11.6 Å². The van der Waals surface area contributed by atoms with Crippen LogP contribution in [0.2, 0.25) is 5.02 Å². The van der Waals surface area contributed by atoms with E-state index in [9.17, 15) is 22.8 Å². The van der Waals surface area contributed by atoms with Gasteiger partial charge in [0.05, 0.1) is 28.2 Å². The maximum atomic E-state index is 13.4. The zero-order chi connectivity index (χ0) is 24.1. The Morgan fingerprint density at radius 2 is 1.88 bits per heavy atom. The Labute approximate surface area is 194 Å². The summed E-state index contributed by atoms with van der Waals surface area (Å²) >= 11 is 6.24. The van der Waals surface area contributed by atoms with E-state index in [1.54, 1.807) is 0 Å². The number of carbonyl (C=O) groups is 2. The molecule has 10 heteroatoms. The maximum Gasteiger partial charge on any atom is 0.416 e. The molecule has 6 nitrogen and oxygen atoms in total. The molecule has 0 unspecified atom stereocenters. The van der Waals surface area contributed by atoms with Gasteiger partial charge in [0.1, 0.15) is 0 Å². The van der Waals surface area contributed by atoms with Crippen LogP contribution in [-0.2, 0) is 25.9 Å². The lowest BCUT2D eigenvalue weighted by atomic mass is 9.73. The fraction of sp³-hybridized carbons (Fsp3) is 0.391. The van der Waals surface area contributed by atoms with E-state index in [2.05, 4.69) is 10.6 Å². The SMILES string of the molecule is COCCNC(=O)c1ccc(NC(=O)C2(c3cccc(C(F)(F)F)c3)CCOCC2)cc1Cl. The second-order valence-corrected chi connectivity index (χ2v) is 8.08. The number of carbonyl (C=O) groups excluding carboxylic acids is 2. The molecule has 0 bridgehead atoms. The van der Waals surface area contributed by atoms with Gasteiger partial charge in [0.15, 0.2) is 0 Å². The van der Waals surface area contributed by atoms with Gasteiger partial charge in [-0.3, -0.25) is 9.59 Å². The van der Waals surface area contributed by atoms with Crippen molar-refractivity contribution in [1.82, 2.24) is 5.32 Å². The average Bonchev–Trinajstić information content (AvgIpc) is 2.79. The van der Waals surface area contributed by atoms with Crippen LogP contribution in [0.4, 0.5) is 18.9 Å². The van der Waals surface area contributed by atoms with Gasteiger partial charge in [-0.15, -0.1) is 0 Å². The van der Waals surface area contributed by atoms with E-state index in [1.807, 2.05) is 0 Å². The zero-order valence-corrected chi connectivity index (χ0v) is 18.7. The van der Waals surface area contributed by atoms with E-state index in [1.165, 1.54) is 37.4 Å². The summed E-state index contributed by atoms with van der Waals surface area (Å²) in [6.45, 7) is 1.14. The molecular weight excluding hydrogens is 461 g/mol. The fourth-order valence-electron chi connectivity index (χ4n) is 3.75. The number of amides is 2. The molecule has 2 aromatic carbocycles. The van der Waals surface area contributed by atoms with E-state index < -0.39 is 23.1 Å². The highest BCUT2D eigenvalue weighted by atomic mass is 35.5. The zero-order valence-electron chi connectivity index (χ0n) is 17.9. The van der Waals surface area contributed by atoms with Crippen LogP contribution in [0.3, 0.4) is 0 Å². The van der Waals surface area contributed by atoms with Crippen LogP contribution in [0.5, 0.6) is 0 Å². The smallest absolute Gasteiger partial charge is 0.383 e. The van der Waals surface area contributed by atoms with Gasteiger partial charge in [-0.2, -0.15) is 13.2 Å². The first-order valence-corrected chi connectivity index (χ1v) is 10.7. The monoisotopic (exact) mass is 484 g/mol. The normalized spacial score (nSPS) is 15.7. The highest BCUT2D eigenvalue weighted by Gasteiger charge is 2.43. The minimum absolute atomic E-state index is 0.128. The molecule has 33 heavy (non-hydrogen) atoms. The molecule has 178 valence electrons. The largest absolute Gasteiger partial charge is 0.416 e. The number of alkyl halides is 3. The second kappa shape index (κ2) is 10.5. The van der Waals surface area contributed by atoms with Crippen molar-refractivity contribution in [2.45, 2.75) is 24.4 Å². The molecule has 3 rings (SSSR count). The number of nitrogens with one attached hydrogen (secondary N) is 2. The van der Waals surface area contributed by atoms with E-state index in [4.69, 9.17) is 21.1 Å². The van der Waals surface area contributed by atoms with Gasteiger partial charge in [-0.05, 0) is 42.7 Å². The Morgan fingerprint density at radius 1 is 1.15 bits per heavy atom. The number of hydrogen-bond acceptors (Lipinski definition) is 4. The molecule has 2 N–H and O–H groups in total. The quantitative estimate of drug-likeness (QED) is 0.570. The minimum Gasteiger partial charge on any atom is -0.383 e. The summed E-state index contributed by atoms with van der Waals surface area (Å²) < 4.78 is 50.1. The third kappa shape index (κ3) is 5.85. The van der Waals surface area contributed by atoms with Crippen LogP contribution < -0.4 is 10.6 Å². The van der Waals surface area contributed by atoms with Gasteiger partial charge in [0.25, 0.3) is 5.91 Å². The lowest BCUT2D eigenvalue weighted by molar-refractivity contribution is -0.138. The van der Waals surface area contributed by atoms with Crippen molar-refractivity contribution in [3.63, 3.8) is 0 Å². The lowest BCUT2D eigenvalue weighted by Gasteiger charge is -2.36. The number of hydrogen-bond donors (Lipinski definition) is 2. The first kappa shape index (κ1) is 25.0. The Morgan fingerprint density at radius 3 is 2.52 bits per heavy atom. The summed E-state index contributed by atoms with van der Waals surface area (Å²) in [5, 5.41) is 5.54. The van der Waals surface area contributed by atoms with Crippen molar-refractivity contribution in [3.8, 4) is 0 Å². The number of methoxy groups -OCH3 is 1. The molecule has 1 aliphatic rings. The fourth-order valence-corrected chi connectivity index (χ4v) is 4.02. The lowest BCUT2D eigenvalue weighted by Crippen LogP contribution is -2.45. The highest BCUT2D eigenvalue weighted by molar-refractivity contribution is 6.34. The van der Waals surface area contributed by atoms with Crippen molar-refractivity contribution in [2.75, 3.05) is 38.8 Å². The van der Waals surface area contributed by atoms with Crippen LogP contribution in [0, 0.1) is 0 Å². The van der Waals surface area contributed by atoms with Gasteiger partial charge >= 0.3 is 6.18 Å². The molecule has 0 atom stereocenters. The number of benzene rings is 2. The summed E-state index contributed by atoms with van der Waals surface area (Å²) in [5.41, 5.74) is -1.17. The average molecular weight is 485 g/mol. The van der Waals surface area contributed by atoms with Crippen LogP contribution in [0.25, 0.3) is 0 Å². The van der Waals surface area contributed by atoms with Crippen LogP contribution in [-0.4, -0.2) is 45.3 Å². The van der Waals surface area contributed by atoms with Crippen LogP contribution in [0.15, 0.2) is 42.5 Å². The Balaban J connectivity index is 1.84. The van der Waals surface area contributed by atoms with Gasteiger partial charge in [-0.25, -0.2) is 0 Å². The molecular formula is C23H24ClF3N2O4. The molecule has 0 aliphatic carbocycles. The molecule has 1 saturated heterocycles. The van der Waals surface area contributed by atoms with E-state index in [-0.39, 0.29) is 48.1 Å². The van der Waals surface area contributed by atoms with Gasteiger partial charge in [0.2, 0.25) is 5.91 Å². The Kier molecular flexibility index (Phi) is 7.99. The second-order valence-electron chi connectivity index (χ2n) is 7.67. The van der Waals surface area contributed by atoms with Crippen molar-refractivity contribution < 1.29 is 32.2 Å². The molecule has 1 aliphatic heterocycles. The topological polar surface area (TPSA) is 76.7 Å². The standard InChI is InChI=1S/C23H24ClF3N2O4/c1-32-12-9-28-20(30)18-6-5-17(14-19(18)24)29-21(31)22(7-10-33-11-8-22)15-3-2-4-16(13-15)23(25,26)27/h2-6,13-14H,7-12H2,1H3,(H,28,30)(H,29,31). The molecule has 1 heterocycles. The number of anilines is 1. The minimum atomic E-state index is -4.52. The summed E-state index contributed by atoms with van der Waals surface area (Å²) in [7, 11) is 1.52. The van der Waals surface area contributed by atoms with E-state index in [0.29, 0.717) is 18.8 Å². The predicted molar refractivity (Wildman–Crippen MR) is 117 cm³/mol. The number of halogens is 4. The number of rotatable bonds is 7. The molecule has 0 aromatic heterocycles. The van der Waals surface area contributed by atoms with E-state index >= 15 is 0 Å². The predicted octanol–water partition coefficient (Wildman–Crippen LogP) is 4.42. The highest BCUT2D eigenvalue weighted by Crippen LogP contribution is 2.39. The maximum absolute atomic E-state index is 13.4. The number of ether oxygens (including phenoxy) is 2. The Bertz CT molecular complexity index is 1010. The van der Waals surface area contributed by atoms with Crippen molar-refractivity contribution in [3.05, 3.63) is 64.2 Å². The van der Waals surface area contributed by atoms with Gasteiger partial charge < -0.3 is 20.1 Å².